The van der Waals surface area contributed by atoms with Crippen molar-refractivity contribution < 1.29 is 32.3 Å². The Kier molecular flexibility index (Phi) is 12.4. The summed E-state index contributed by atoms with van der Waals surface area (Å²) in [7, 11) is 0. The Labute approximate surface area is 330 Å². The Morgan fingerprint density at radius 2 is 1.75 bits per heavy atom. The molecule has 0 bridgehead atoms. The van der Waals surface area contributed by atoms with E-state index in [4.69, 9.17) is 17.9 Å². The number of piperidine rings is 1. The van der Waals surface area contributed by atoms with Crippen LogP contribution in [0.3, 0.4) is 0 Å². The number of nitriles is 1. The molecule has 0 aromatic carbocycles. The number of halogens is 3. The molecule has 1 saturated carbocycles. The lowest BCUT2D eigenvalue weighted by molar-refractivity contribution is -0.138. The molecule has 2 unspecified atom stereocenters. The van der Waals surface area contributed by atoms with E-state index in [1.165, 1.54) is 11.0 Å². The van der Waals surface area contributed by atoms with Crippen molar-refractivity contribution in [3.8, 4) is 6.07 Å². The van der Waals surface area contributed by atoms with E-state index < -0.39 is 34.4 Å². The van der Waals surface area contributed by atoms with E-state index in [0.29, 0.717) is 23.7 Å². The molecule has 17 heteroatoms. The number of aromatic nitrogens is 2. The summed E-state index contributed by atoms with van der Waals surface area (Å²) >= 11 is 4.76. The molecule has 2 aromatic rings. The Morgan fingerprint density at radius 1 is 1.05 bits per heavy atom. The third kappa shape index (κ3) is 8.88. The van der Waals surface area contributed by atoms with E-state index in [-0.39, 0.29) is 60.4 Å². The maximum absolute atomic E-state index is 13.7. The minimum atomic E-state index is -4.79. The Morgan fingerprint density at radius 3 is 2.36 bits per heavy atom. The summed E-state index contributed by atoms with van der Waals surface area (Å²) in [6, 6.07) is 6.13. The zero-order valence-electron chi connectivity index (χ0n) is 32.2. The highest BCUT2D eigenvalue weighted by atomic mass is 32.1. The van der Waals surface area contributed by atoms with Crippen LogP contribution >= 0.6 is 12.6 Å². The van der Waals surface area contributed by atoms with Gasteiger partial charge in [-0.05, 0) is 103 Å². The lowest BCUT2D eigenvalue weighted by Crippen LogP contribution is -2.58. The molecular formula is C39H50F3N9O4S. The summed E-state index contributed by atoms with van der Waals surface area (Å²) in [4.78, 5) is 66.4. The first-order valence-electron chi connectivity index (χ1n) is 19.3. The molecule has 13 nitrogen and oxygen atoms in total. The summed E-state index contributed by atoms with van der Waals surface area (Å²) < 4.78 is 41.1. The first-order valence-corrected chi connectivity index (χ1v) is 19.8. The van der Waals surface area contributed by atoms with Crippen molar-refractivity contribution in [2.45, 2.75) is 120 Å². The third-order valence-corrected chi connectivity index (χ3v) is 12.4. The van der Waals surface area contributed by atoms with Crippen LogP contribution in [0.5, 0.6) is 0 Å². The molecule has 2 N–H and O–H groups in total. The van der Waals surface area contributed by atoms with Gasteiger partial charge in [0.1, 0.15) is 11.6 Å². The molecule has 56 heavy (non-hydrogen) atoms. The number of hydrogen-bond donors (Lipinski definition) is 3. The summed E-state index contributed by atoms with van der Waals surface area (Å²) in [6.45, 7) is 10.7. The standard InChI is InChI=1S/C39H50F3N9O4S/c1-23-20-48(21-24(2)49(23)22-34(53)46-26-9-13-31(44-18-26)29-12-14-33(52)47-35(29)54)15-5-6-25-7-10-27(11-8-25)51-37(56)50(36(55)38(51,3)4)28-16-30(39(40,41)42)32(17-43)45-19-28/h9,13,16,18-19,23-25,27,29,37,56H,5-8,10-12,14-15,20-22H2,1-4H3,(H,46,53)(H,47,52,54)/t23-,24+,25?,27?,29?,37?. The smallest absolute Gasteiger partial charge is 0.324 e. The monoisotopic (exact) mass is 797 g/mol. The number of nitrogens with one attached hydrogen (secondary N) is 2. The molecule has 5 heterocycles. The number of nitrogens with zero attached hydrogens (tertiary/aromatic N) is 7. The van der Waals surface area contributed by atoms with Crippen LogP contribution in [0, 0.1) is 17.2 Å². The number of anilines is 2. The van der Waals surface area contributed by atoms with Gasteiger partial charge >= 0.3 is 6.18 Å². The number of carbonyl (C=O) groups excluding carboxylic acids is 4. The van der Waals surface area contributed by atoms with Gasteiger partial charge in [-0.15, -0.1) is 12.6 Å². The van der Waals surface area contributed by atoms with Crippen molar-refractivity contribution in [2.24, 2.45) is 5.92 Å². The number of piperazine rings is 1. The second-order valence-electron chi connectivity index (χ2n) is 16.2. The normalized spacial score (nSPS) is 27.9. The van der Waals surface area contributed by atoms with E-state index in [1.54, 1.807) is 32.2 Å². The summed E-state index contributed by atoms with van der Waals surface area (Å²) in [5, 5.41) is 14.4. The summed E-state index contributed by atoms with van der Waals surface area (Å²) in [6.07, 6.45) is 4.34. The molecule has 4 amide bonds. The van der Waals surface area contributed by atoms with Gasteiger partial charge in [0, 0.05) is 37.6 Å². The molecule has 4 fully saturated rings. The minimum absolute atomic E-state index is 0.0339. The van der Waals surface area contributed by atoms with Crippen LogP contribution in [-0.2, 0) is 25.4 Å². The first kappa shape index (κ1) is 41.5. The maximum atomic E-state index is 13.7. The molecular weight excluding hydrogens is 748 g/mol. The van der Waals surface area contributed by atoms with Crippen LogP contribution in [0.2, 0.25) is 0 Å². The predicted octanol–water partition coefficient (Wildman–Crippen LogP) is 4.90. The maximum Gasteiger partial charge on any atom is 0.419 e. The van der Waals surface area contributed by atoms with Crippen molar-refractivity contribution in [3.63, 3.8) is 0 Å². The van der Waals surface area contributed by atoms with Crippen molar-refractivity contribution in [2.75, 3.05) is 36.4 Å². The van der Waals surface area contributed by atoms with Crippen LogP contribution in [0.4, 0.5) is 24.5 Å². The van der Waals surface area contributed by atoms with Gasteiger partial charge in [-0.25, -0.2) is 4.98 Å². The van der Waals surface area contributed by atoms with Crippen LogP contribution in [-0.4, -0.2) is 104 Å². The second-order valence-corrected chi connectivity index (χ2v) is 16.6. The lowest BCUT2D eigenvalue weighted by Gasteiger charge is -2.44. The molecule has 302 valence electrons. The van der Waals surface area contributed by atoms with E-state index in [0.717, 1.165) is 70.4 Å². The number of hydrogen-bond acceptors (Lipinski definition) is 11. The minimum Gasteiger partial charge on any atom is -0.324 e. The molecule has 0 spiro atoms. The Hall–Kier alpha value is -4.11. The first-order chi connectivity index (χ1) is 26.5. The van der Waals surface area contributed by atoms with Gasteiger partial charge in [0.15, 0.2) is 5.69 Å². The van der Waals surface area contributed by atoms with Crippen LogP contribution in [0.15, 0.2) is 30.6 Å². The van der Waals surface area contributed by atoms with Gasteiger partial charge < -0.3 is 10.2 Å². The lowest BCUT2D eigenvalue weighted by atomic mass is 9.81. The van der Waals surface area contributed by atoms with Gasteiger partial charge in [0.25, 0.3) is 0 Å². The zero-order valence-corrected chi connectivity index (χ0v) is 33.1. The number of amides is 4. The van der Waals surface area contributed by atoms with Gasteiger partial charge in [-0.2, -0.15) is 18.4 Å². The Bertz CT molecular complexity index is 1840. The number of pyridine rings is 2. The summed E-state index contributed by atoms with van der Waals surface area (Å²) in [5.41, 5.74) is -2.61. The highest BCUT2D eigenvalue weighted by Gasteiger charge is 2.54. The number of rotatable bonds is 10. The SMILES string of the molecule is C[C@@H]1CN(CCCC2CCC(N3C(S)N(c4cnc(C#N)c(C(F)(F)F)c4)C(=O)C3(C)C)CC2)C[C@H](C)N1CC(=O)Nc1ccc(C2CCC(=O)NC2=O)nc1. The predicted molar refractivity (Wildman–Crippen MR) is 205 cm³/mol. The zero-order chi connectivity index (χ0) is 40.5. The number of thiol groups is 1. The van der Waals surface area contributed by atoms with Gasteiger partial charge in [0.05, 0.1) is 53.0 Å². The fourth-order valence-corrected chi connectivity index (χ4v) is 9.73. The molecule has 6 rings (SSSR count). The topological polar surface area (TPSA) is 155 Å². The molecule has 3 saturated heterocycles. The molecule has 2 aromatic heterocycles. The molecule has 4 aliphatic rings. The van der Waals surface area contributed by atoms with Gasteiger partial charge in [-0.1, -0.05) is 0 Å². The Balaban J connectivity index is 0.941. The number of alkyl halides is 3. The van der Waals surface area contributed by atoms with Crippen molar-refractivity contribution >= 4 is 47.6 Å². The van der Waals surface area contributed by atoms with Crippen molar-refractivity contribution in [3.05, 3.63) is 47.5 Å². The van der Waals surface area contributed by atoms with Crippen LogP contribution in [0.1, 0.15) is 102 Å². The summed E-state index contributed by atoms with van der Waals surface area (Å²) in [5.74, 6) is -1.07. The highest BCUT2D eigenvalue weighted by Crippen LogP contribution is 2.43. The van der Waals surface area contributed by atoms with E-state index in [1.807, 2.05) is 4.90 Å². The van der Waals surface area contributed by atoms with Crippen molar-refractivity contribution in [1.29, 1.82) is 5.26 Å². The van der Waals surface area contributed by atoms with Crippen LogP contribution < -0.4 is 15.5 Å². The molecule has 4 atom stereocenters. The van der Waals surface area contributed by atoms with Gasteiger partial charge in [-0.3, -0.25) is 44.2 Å². The molecule has 0 radical (unpaired) electrons. The van der Waals surface area contributed by atoms with Gasteiger partial charge in [0.2, 0.25) is 23.6 Å². The van der Waals surface area contributed by atoms with E-state index in [9.17, 15) is 32.3 Å². The average Bonchev–Trinajstić information content (AvgIpc) is 3.32. The van der Waals surface area contributed by atoms with Crippen molar-refractivity contribution in [1.82, 2.24) is 30.0 Å². The largest absolute Gasteiger partial charge is 0.419 e. The van der Waals surface area contributed by atoms with E-state index in [2.05, 4.69) is 44.2 Å². The molecule has 3 aliphatic heterocycles. The quantitative estimate of drug-likeness (QED) is 0.224. The second kappa shape index (κ2) is 16.8. The fourth-order valence-electron chi connectivity index (χ4n) is 9.01. The number of carbonyl (C=O) groups is 4. The third-order valence-electron chi connectivity index (χ3n) is 11.9. The fraction of sp³-hybridized carbons (Fsp3) is 0.615. The average molecular weight is 798 g/mol. The van der Waals surface area contributed by atoms with Crippen LogP contribution in [0.25, 0.3) is 0 Å². The highest BCUT2D eigenvalue weighted by molar-refractivity contribution is 7.81. The number of imide groups is 1. The molecule has 1 aliphatic carbocycles. The van der Waals surface area contributed by atoms with E-state index >= 15 is 0 Å².